The SMILES string of the molecule is Cn1c(=O)c2[nH]c(C3CCCN(S(=O)(=O)c4ccccc4)C3)nc2n(C)c1=O. The van der Waals surface area contributed by atoms with Gasteiger partial charge in [0.05, 0.1) is 4.90 Å². The number of nitrogens with zero attached hydrogens (tertiary/aromatic N) is 4. The molecule has 0 radical (unpaired) electrons. The van der Waals surface area contributed by atoms with E-state index in [9.17, 15) is 18.0 Å². The van der Waals surface area contributed by atoms with Crippen LogP contribution in [0, 0.1) is 0 Å². The Morgan fingerprint density at radius 1 is 1.11 bits per heavy atom. The van der Waals surface area contributed by atoms with Gasteiger partial charge in [-0.25, -0.2) is 18.2 Å². The minimum absolute atomic E-state index is 0.181. The Morgan fingerprint density at radius 2 is 1.82 bits per heavy atom. The zero-order valence-electron chi connectivity index (χ0n) is 15.6. The van der Waals surface area contributed by atoms with E-state index in [-0.39, 0.29) is 28.5 Å². The smallest absolute Gasteiger partial charge is 0.332 e. The summed E-state index contributed by atoms with van der Waals surface area (Å²) in [6.45, 7) is 0.708. The molecule has 1 unspecified atom stereocenters. The average Bonchev–Trinajstić information content (AvgIpc) is 3.17. The van der Waals surface area contributed by atoms with Crippen molar-refractivity contribution in [2.45, 2.75) is 23.7 Å². The summed E-state index contributed by atoms with van der Waals surface area (Å²) in [5.41, 5.74) is -0.359. The molecule has 9 nitrogen and oxygen atoms in total. The van der Waals surface area contributed by atoms with Gasteiger partial charge in [0.15, 0.2) is 5.65 Å². The van der Waals surface area contributed by atoms with Crippen LogP contribution in [0.3, 0.4) is 0 Å². The van der Waals surface area contributed by atoms with Crippen molar-refractivity contribution in [1.82, 2.24) is 23.4 Å². The van der Waals surface area contributed by atoms with E-state index in [1.807, 2.05) is 0 Å². The number of benzene rings is 1. The third-order valence-corrected chi connectivity index (χ3v) is 7.14. The first-order chi connectivity index (χ1) is 13.3. The van der Waals surface area contributed by atoms with Crippen LogP contribution < -0.4 is 11.2 Å². The van der Waals surface area contributed by atoms with Crippen LogP contribution in [0.4, 0.5) is 0 Å². The zero-order valence-corrected chi connectivity index (χ0v) is 16.4. The number of fused-ring (bicyclic) bond motifs is 1. The summed E-state index contributed by atoms with van der Waals surface area (Å²) in [6.07, 6.45) is 1.43. The molecule has 148 valence electrons. The maximum atomic E-state index is 12.9. The van der Waals surface area contributed by atoms with Crippen LogP contribution in [-0.4, -0.2) is 44.9 Å². The van der Waals surface area contributed by atoms with E-state index in [4.69, 9.17) is 0 Å². The van der Waals surface area contributed by atoms with Crippen molar-refractivity contribution in [3.05, 3.63) is 57.0 Å². The van der Waals surface area contributed by atoms with Crippen molar-refractivity contribution in [2.24, 2.45) is 14.1 Å². The summed E-state index contributed by atoms with van der Waals surface area (Å²) >= 11 is 0. The first-order valence-electron chi connectivity index (χ1n) is 9.01. The molecule has 3 heterocycles. The lowest BCUT2D eigenvalue weighted by molar-refractivity contribution is 0.310. The third-order valence-electron chi connectivity index (χ3n) is 5.26. The van der Waals surface area contributed by atoms with Gasteiger partial charge < -0.3 is 4.98 Å². The first-order valence-corrected chi connectivity index (χ1v) is 10.5. The van der Waals surface area contributed by atoms with E-state index in [1.165, 1.54) is 15.9 Å². The fraction of sp³-hybridized carbons (Fsp3) is 0.389. The summed E-state index contributed by atoms with van der Waals surface area (Å²) in [6, 6.07) is 8.34. The van der Waals surface area contributed by atoms with Gasteiger partial charge >= 0.3 is 5.69 Å². The van der Waals surface area contributed by atoms with E-state index in [1.54, 1.807) is 37.4 Å². The minimum atomic E-state index is -3.59. The van der Waals surface area contributed by atoms with Gasteiger partial charge in [0.25, 0.3) is 5.56 Å². The number of piperidine rings is 1. The van der Waals surface area contributed by atoms with Gasteiger partial charge in [-0.05, 0) is 25.0 Å². The van der Waals surface area contributed by atoms with Crippen molar-refractivity contribution < 1.29 is 8.42 Å². The molecule has 1 aromatic carbocycles. The number of aryl methyl sites for hydroxylation is 1. The molecule has 2 aromatic heterocycles. The van der Waals surface area contributed by atoms with Gasteiger partial charge in [0.2, 0.25) is 10.0 Å². The standard InChI is InChI=1S/C18H21N5O4S/c1-21-16-14(17(24)22(2)18(21)25)19-15(20-16)12-7-6-10-23(11-12)28(26,27)13-8-4-3-5-9-13/h3-5,8-9,12H,6-7,10-11H2,1-2H3,(H,19,20). The summed E-state index contributed by atoms with van der Waals surface area (Å²) < 4.78 is 29.7. The van der Waals surface area contributed by atoms with Gasteiger partial charge in [-0.1, -0.05) is 18.2 Å². The van der Waals surface area contributed by atoms with E-state index in [0.29, 0.717) is 18.8 Å². The quantitative estimate of drug-likeness (QED) is 0.686. The molecule has 0 bridgehead atoms. The molecule has 1 aliphatic heterocycles. The summed E-state index contributed by atoms with van der Waals surface area (Å²) in [7, 11) is -0.619. The van der Waals surface area contributed by atoms with Crippen LogP contribution in [0.1, 0.15) is 24.6 Å². The van der Waals surface area contributed by atoms with Crippen LogP contribution in [0.15, 0.2) is 44.8 Å². The van der Waals surface area contributed by atoms with E-state index < -0.39 is 21.3 Å². The third kappa shape index (κ3) is 2.89. The van der Waals surface area contributed by atoms with Crippen molar-refractivity contribution in [1.29, 1.82) is 0 Å². The highest BCUT2D eigenvalue weighted by atomic mass is 32.2. The van der Waals surface area contributed by atoms with Gasteiger partial charge in [0, 0.05) is 33.1 Å². The van der Waals surface area contributed by atoms with Crippen LogP contribution in [0.5, 0.6) is 0 Å². The van der Waals surface area contributed by atoms with Gasteiger partial charge in [-0.3, -0.25) is 13.9 Å². The van der Waals surface area contributed by atoms with Crippen molar-refractivity contribution in [2.75, 3.05) is 13.1 Å². The molecule has 10 heteroatoms. The predicted molar refractivity (Wildman–Crippen MR) is 104 cm³/mol. The van der Waals surface area contributed by atoms with E-state index in [2.05, 4.69) is 9.97 Å². The monoisotopic (exact) mass is 403 g/mol. The molecule has 3 aromatic rings. The Labute approximate surface area is 161 Å². The van der Waals surface area contributed by atoms with E-state index in [0.717, 1.165) is 11.0 Å². The number of sulfonamides is 1. The molecule has 1 saturated heterocycles. The molecule has 4 rings (SSSR count). The lowest BCUT2D eigenvalue weighted by Gasteiger charge is -2.30. The number of nitrogens with one attached hydrogen (secondary N) is 1. The maximum absolute atomic E-state index is 12.9. The number of aromatic nitrogens is 4. The number of aromatic amines is 1. The molecule has 1 fully saturated rings. The molecule has 1 atom stereocenters. The van der Waals surface area contributed by atoms with Gasteiger partial charge in [-0.15, -0.1) is 0 Å². The number of hydrogen-bond acceptors (Lipinski definition) is 5. The van der Waals surface area contributed by atoms with Crippen LogP contribution in [0.25, 0.3) is 11.2 Å². The molecule has 1 N–H and O–H groups in total. The molecule has 0 amide bonds. The van der Waals surface area contributed by atoms with Gasteiger partial charge in [-0.2, -0.15) is 4.31 Å². The number of rotatable bonds is 3. The number of hydrogen-bond donors (Lipinski definition) is 1. The maximum Gasteiger partial charge on any atom is 0.332 e. The Hall–Kier alpha value is -2.72. The lowest BCUT2D eigenvalue weighted by atomic mass is 9.99. The highest BCUT2D eigenvalue weighted by Gasteiger charge is 2.32. The first kappa shape index (κ1) is 18.6. The Balaban J connectivity index is 1.71. The normalized spacial score (nSPS) is 18.6. The highest BCUT2D eigenvalue weighted by Crippen LogP contribution is 2.29. The predicted octanol–water partition coefficient (Wildman–Crippen LogP) is 0.529. The highest BCUT2D eigenvalue weighted by molar-refractivity contribution is 7.89. The second kappa shape index (κ2) is 6.71. The Morgan fingerprint density at radius 3 is 2.54 bits per heavy atom. The molecule has 0 spiro atoms. The van der Waals surface area contributed by atoms with Crippen molar-refractivity contribution >= 4 is 21.2 Å². The van der Waals surface area contributed by atoms with Crippen LogP contribution in [0.2, 0.25) is 0 Å². The fourth-order valence-corrected chi connectivity index (χ4v) is 5.21. The molecule has 0 aliphatic carbocycles. The lowest BCUT2D eigenvalue weighted by Crippen LogP contribution is -2.39. The zero-order chi connectivity index (χ0) is 20.1. The average molecular weight is 403 g/mol. The fourth-order valence-electron chi connectivity index (χ4n) is 3.66. The van der Waals surface area contributed by atoms with Gasteiger partial charge in [0.1, 0.15) is 11.3 Å². The molecule has 1 aliphatic rings. The molecular weight excluding hydrogens is 382 g/mol. The summed E-state index contributed by atoms with van der Waals surface area (Å²) in [4.78, 5) is 32.2. The summed E-state index contributed by atoms with van der Waals surface area (Å²) in [5.74, 6) is 0.348. The number of imidazole rings is 1. The molecule has 28 heavy (non-hydrogen) atoms. The summed E-state index contributed by atoms with van der Waals surface area (Å²) in [5, 5.41) is 0. The van der Waals surface area contributed by atoms with Crippen LogP contribution in [-0.2, 0) is 24.1 Å². The Kier molecular flexibility index (Phi) is 4.47. The molecular formula is C18H21N5O4S. The topological polar surface area (TPSA) is 110 Å². The van der Waals surface area contributed by atoms with Crippen molar-refractivity contribution in [3.63, 3.8) is 0 Å². The number of H-pyrrole nitrogens is 1. The largest absolute Gasteiger partial charge is 0.336 e. The second-order valence-electron chi connectivity index (χ2n) is 7.04. The van der Waals surface area contributed by atoms with E-state index >= 15 is 0 Å². The minimum Gasteiger partial charge on any atom is -0.336 e. The second-order valence-corrected chi connectivity index (χ2v) is 8.98. The van der Waals surface area contributed by atoms with Crippen molar-refractivity contribution in [3.8, 4) is 0 Å². The van der Waals surface area contributed by atoms with Crippen LogP contribution >= 0.6 is 0 Å². The molecule has 0 saturated carbocycles. The Bertz CT molecular complexity index is 1260.